The maximum atomic E-state index is 12.1. The van der Waals surface area contributed by atoms with E-state index in [4.69, 9.17) is 4.74 Å². The van der Waals surface area contributed by atoms with Crippen LogP contribution in [0.5, 0.6) is 5.75 Å². The van der Waals surface area contributed by atoms with Crippen LogP contribution in [0.1, 0.15) is 29.4 Å². The van der Waals surface area contributed by atoms with E-state index in [9.17, 15) is 4.79 Å². The van der Waals surface area contributed by atoms with Crippen LogP contribution >= 0.6 is 0 Å². The lowest BCUT2D eigenvalue weighted by Crippen LogP contribution is -2.20. The number of carbonyl (C=O) groups excluding carboxylic acids is 1. The molecule has 4 nitrogen and oxygen atoms in total. The average Bonchev–Trinajstić information content (AvgIpc) is 2.47. The largest absolute Gasteiger partial charge is 0.497 e. The number of Topliss-reactive ketones (excluding diaryl/α,β-unsaturated/α-hetero) is 1. The van der Waals surface area contributed by atoms with E-state index in [0.29, 0.717) is 18.0 Å². The van der Waals surface area contributed by atoms with E-state index in [0.717, 1.165) is 29.0 Å². The van der Waals surface area contributed by atoms with E-state index < -0.39 is 0 Å². The normalized spacial score (nSPS) is 17.7. The van der Waals surface area contributed by atoms with Crippen molar-refractivity contribution in [3.63, 3.8) is 0 Å². The zero-order chi connectivity index (χ0) is 14.1. The predicted molar refractivity (Wildman–Crippen MR) is 75.8 cm³/mol. The summed E-state index contributed by atoms with van der Waals surface area (Å²) in [7, 11) is 1.63. The van der Waals surface area contributed by atoms with Crippen LogP contribution in [-0.2, 0) is 6.42 Å². The number of aromatic nitrogens is 2. The molecule has 0 spiro atoms. The Morgan fingerprint density at radius 3 is 2.85 bits per heavy atom. The second kappa shape index (κ2) is 5.04. The highest BCUT2D eigenvalue weighted by atomic mass is 16.5. The first-order valence-corrected chi connectivity index (χ1v) is 6.71. The Bertz CT molecular complexity index is 667. The summed E-state index contributed by atoms with van der Waals surface area (Å²) in [5, 5.41) is 8.49. The molecule has 1 heterocycles. The number of hydrogen-bond acceptors (Lipinski definition) is 4. The molecule has 0 saturated carbocycles. The van der Waals surface area contributed by atoms with Crippen LogP contribution in [0, 0.1) is 5.92 Å². The van der Waals surface area contributed by atoms with Crippen molar-refractivity contribution in [2.45, 2.75) is 19.8 Å². The third-order valence-electron chi connectivity index (χ3n) is 3.61. The predicted octanol–water partition coefficient (Wildman–Crippen LogP) is 2.92. The van der Waals surface area contributed by atoms with Gasteiger partial charge in [0.05, 0.1) is 18.5 Å². The van der Waals surface area contributed by atoms with Gasteiger partial charge in [-0.25, -0.2) is 0 Å². The summed E-state index contributed by atoms with van der Waals surface area (Å²) in [6, 6.07) is 9.47. The van der Waals surface area contributed by atoms with Gasteiger partial charge in [-0.3, -0.25) is 4.79 Å². The van der Waals surface area contributed by atoms with Gasteiger partial charge in [-0.1, -0.05) is 19.1 Å². The molecular formula is C16H16N2O2. The monoisotopic (exact) mass is 268 g/mol. The van der Waals surface area contributed by atoms with Gasteiger partial charge >= 0.3 is 0 Å². The molecule has 0 aliphatic heterocycles. The van der Waals surface area contributed by atoms with Crippen LogP contribution in [-0.4, -0.2) is 23.1 Å². The summed E-state index contributed by atoms with van der Waals surface area (Å²) in [6.07, 6.45) is 1.42. The van der Waals surface area contributed by atoms with Gasteiger partial charge in [0.25, 0.3) is 0 Å². The smallest absolute Gasteiger partial charge is 0.165 e. The third kappa shape index (κ3) is 2.29. The van der Waals surface area contributed by atoms with Crippen LogP contribution in [0.25, 0.3) is 11.3 Å². The molecule has 0 fully saturated rings. The lowest BCUT2D eigenvalue weighted by atomic mass is 9.87. The number of ether oxygens (including phenoxy) is 1. The first-order chi connectivity index (χ1) is 9.67. The molecule has 1 aromatic heterocycles. The number of carbonyl (C=O) groups is 1. The number of nitrogens with zero attached hydrogens (tertiary/aromatic N) is 2. The van der Waals surface area contributed by atoms with Crippen molar-refractivity contribution in [3.05, 3.63) is 41.6 Å². The summed E-state index contributed by atoms with van der Waals surface area (Å²) in [5.74, 6) is 1.28. The molecule has 0 bridgehead atoms. The highest BCUT2D eigenvalue weighted by molar-refractivity contribution is 5.98. The van der Waals surface area contributed by atoms with E-state index in [1.807, 2.05) is 30.3 Å². The molecule has 1 aliphatic carbocycles. The molecule has 0 amide bonds. The van der Waals surface area contributed by atoms with Crippen LogP contribution in [0.3, 0.4) is 0 Å². The van der Waals surface area contributed by atoms with Gasteiger partial charge in [0.1, 0.15) is 5.75 Å². The highest BCUT2D eigenvalue weighted by Crippen LogP contribution is 2.27. The Labute approximate surface area is 117 Å². The summed E-state index contributed by atoms with van der Waals surface area (Å²) in [6.45, 7) is 2.07. The quantitative estimate of drug-likeness (QED) is 0.840. The van der Waals surface area contributed by atoms with Crippen LogP contribution in [0.4, 0.5) is 0 Å². The second-order valence-electron chi connectivity index (χ2n) is 5.26. The van der Waals surface area contributed by atoms with Gasteiger partial charge in [0.2, 0.25) is 0 Å². The fraction of sp³-hybridized carbons (Fsp3) is 0.312. The van der Waals surface area contributed by atoms with Crippen molar-refractivity contribution in [1.29, 1.82) is 0 Å². The van der Waals surface area contributed by atoms with E-state index in [-0.39, 0.29) is 5.78 Å². The second-order valence-corrected chi connectivity index (χ2v) is 5.26. The lowest BCUT2D eigenvalue weighted by molar-refractivity contribution is 0.0951. The van der Waals surface area contributed by atoms with Crippen LogP contribution in [0.2, 0.25) is 0 Å². The molecule has 1 aliphatic rings. The SMILES string of the molecule is COc1cccc(-c2cc3c(nn2)CC(C)CC3=O)c1. The summed E-state index contributed by atoms with van der Waals surface area (Å²) in [4.78, 5) is 12.1. The number of hydrogen-bond donors (Lipinski definition) is 0. The maximum Gasteiger partial charge on any atom is 0.165 e. The Balaban J connectivity index is 2.04. The molecule has 4 heteroatoms. The molecule has 0 radical (unpaired) electrons. The van der Waals surface area contributed by atoms with Gasteiger partial charge in [-0.2, -0.15) is 10.2 Å². The number of methoxy groups -OCH3 is 1. The summed E-state index contributed by atoms with van der Waals surface area (Å²) < 4.78 is 5.21. The topological polar surface area (TPSA) is 52.1 Å². The van der Waals surface area contributed by atoms with Gasteiger partial charge in [-0.15, -0.1) is 0 Å². The summed E-state index contributed by atoms with van der Waals surface area (Å²) >= 11 is 0. The number of fused-ring (bicyclic) bond motifs is 1. The zero-order valence-electron chi connectivity index (χ0n) is 11.6. The van der Waals surface area contributed by atoms with Gasteiger partial charge in [0.15, 0.2) is 5.78 Å². The van der Waals surface area contributed by atoms with Crippen molar-refractivity contribution >= 4 is 5.78 Å². The number of ketones is 1. The fourth-order valence-electron chi connectivity index (χ4n) is 2.56. The molecule has 1 atom stereocenters. The molecule has 3 rings (SSSR count). The van der Waals surface area contributed by atoms with E-state index >= 15 is 0 Å². The Kier molecular flexibility index (Phi) is 3.22. The molecule has 20 heavy (non-hydrogen) atoms. The molecule has 1 aromatic carbocycles. The molecule has 2 aromatic rings. The van der Waals surface area contributed by atoms with Crippen molar-refractivity contribution in [2.24, 2.45) is 5.92 Å². The van der Waals surface area contributed by atoms with Gasteiger partial charge in [0, 0.05) is 17.5 Å². The van der Waals surface area contributed by atoms with Crippen molar-refractivity contribution in [3.8, 4) is 17.0 Å². The molecular weight excluding hydrogens is 252 g/mol. The lowest BCUT2D eigenvalue weighted by Gasteiger charge is -2.19. The number of rotatable bonds is 2. The Morgan fingerprint density at radius 2 is 2.05 bits per heavy atom. The van der Waals surface area contributed by atoms with Crippen molar-refractivity contribution in [2.75, 3.05) is 7.11 Å². The Morgan fingerprint density at radius 1 is 1.20 bits per heavy atom. The molecule has 102 valence electrons. The number of benzene rings is 1. The Hall–Kier alpha value is -2.23. The van der Waals surface area contributed by atoms with Crippen LogP contribution in [0.15, 0.2) is 30.3 Å². The minimum Gasteiger partial charge on any atom is -0.497 e. The molecule has 1 unspecified atom stereocenters. The fourth-order valence-corrected chi connectivity index (χ4v) is 2.56. The standard InChI is InChI=1S/C16H16N2O2/c1-10-6-15-13(16(19)7-10)9-14(17-18-15)11-4-3-5-12(8-11)20-2/h3-5,8-10H,6-7H2,1-2H3. The first kappa shape index (κ1) is 12.8. The average molecular weight is 268 g/mol. The first-order valence-electron chi connectivity index (χ1n) is 6.71. The zero-order valence-corrected chi connectivity index (χ0v) is 11.6. The van der Waals surface area contributed by atoms with Crippen molar-refractivity contribution < 1.29 is 9.53 Å². The summed E-state index contributed by atoms with van der Waals surface area (Å²) in [5.41, 5.74) is 3.16. The van der Waals surface area contributed by atoms with E-state index in [1.54, 1.807) is 7.11 Å². The van der Waals surface area contributed by atoms with E-state index in [2.05, 4.69) is 17.1 Å². The molecule has 0 N–H and O–H groups in total. The van der Waals surface area contributed by atoms with E-state index in [1.165, 1.54) is 0 Å². The minimum absolute atomic E-state index is 0.165. The molecule has 0 saturated heterocycles. The van der Waals surface area contributed by atoms with Gasteiger partial charge in [-0.05, 0) is 30.5 Å². The third-order valence-corrected chi connectivity index (χ3v) is 3.61. The highest BCUT2D eigenvalue weighted by Gasteiger charge is 2.24. The minimum atomic E-state index is 0.165. The van der Waals surface area contributed by atoms with Crippen molar-refractivity contribution in [1.82, 2.24) is 10.2 Å². The van der Waals surface area contributed by atoms with Gasteiger partial charge < -0.3 is 4.74 Å². The van der Waals surface area contributed by atoms with Crippen LogP contribution < -0.4 is 4.74 Å². The maximum absolute atomic E-state index is 12.1.